The van der Waals surface area contributed by atoms with E-state index in [9.17, 15) is 9.59 Å². The zero-order valence-electron chi connectivity index (χ0n) is 10.7. The van der Waals surface area contributed by atoms with Crippen LogP contribution in [0.3, 0.4) is 0 Å². The van der Waals surface area contributed by atoms with Gasteiger partial charge in [0.25, 0.3) is 5.91 Å². The number of carbonyl (C=O) groups excluding carboxylic acids is 2. The number of carbonyl (C=O) groups is 2. The van der Waals surface area contributed by atoms with Gasteiger partial charge in [0.2, 0.25) is 5.91 Å². The Morgan fingerprint density at radius 1 is 1.37 bits per heavy atom. The van der Waals surface area contributed by atoms with Crippen LogP contribution in [0.4, 0.5) is 0 Å². The molecule has 1 N–H and O–H groups in total. The van der Waals surface area contributed by atoms with E-state index in [1.165, 1.54) is 6.08 Å². The van der Waals surface area contributed by atoms with E-state index < -0.39 is 0 Å². The molecule has 5 heteroatoms. The third-order valence-electron chi connectivity index (χ3n) is 3.21. The lowest BCUT2D eigenvalue weighted by atomic mass is 10.0. The van der Waals surface area contributed by atoms with Crippen molar-refractivity contribution in [1.29, 1.82) is 0 Å². The van der Waals surface area contributed by atoms with Gasteiger partial charge in [0.1, 0.15) is 5.69 Å². The summed E-state index contributed by atoms with van der Waals surface area (Å²) in [4.78, 5) is 29.1. The summed E-state index contributed by atoms with van der Waals surface area (Å²) in [5.74, 6) is -0.205. The zero-order chi connectivity index (χ0) is 13.7. The van der Waals surface area contributed by atoms with E-state index in [-0.39, 0.29) is 17.9 Å². The fraction of sp³-hybridized carbons (Fsp3) is 0.357. The molecule has 100 valence electrons. The molecule has 1 fully saturated rings. The highest BCUT2D eigenvalue weighted by atomic mass is 16.2. The normalized spacial score (nSPS) is 15.9. The van der Waals surface area contributed by atoms with Crippen LogP contribution in [-0.2, 0) is 4.79 Å². The number of hydrogen-bond donors (Lipinski definition) is 1. The topological polar surface area (TPSA) is 62.3 Å². The fourth-order valence-corrected chi connectivity index (χ4v) is 2.13. The monoisotopic (exact) mass is 259 g/mol. The second kappa shape index (κ2) is 6.13. The molecule has 2 rings (SSSR count). The van der Waals surface area contributed by atoms with Crippen LogP contribution in [0.1, 0.15) is 23.3 Å². The molecular formula is C14H17N3O2. The summed E-state index contributed by atoms with van der Waals surface area (Å²) in [6.07, 6.45) is 4.45. The molecule has 0 bridgehead atoms. The minimum absolute atomic E-state index is 0.0468. The number of aromatic nitrogens is 1. The summed E-state index contributed by atoms with van der Waals surface area (Å²) in [6.45, 7) is 4.78. The van der Waals surface area contributed by atoms with Gasteiger partial charge in [-0.05, 0) is 31.1 Å². The third-order valence-corrected chi connectivity index (χ3v) is 3.21. The van der Waals surface area contributed by atoms with E-state index in [1.807, 2.05) is 0 Å². The van der Waals surface area contributed by atoms with Crippen molar-refractivity contribution in [2.24, 2.45) is 0 Å². The summed E-state index contributed by atoms with van der Waals surface area (Å²) < 4.78 is 0. The van der Waals surface area contributed by atoms with Gasteiger partial charge in [0.05, 0.1) is 0 Å². The van der Waals surface area contributed by atoms with Crippen LogP contribution in [-0.4, -0.2) is 40.8 Å². The van der Waals surface area contributed by atoms with Crippen molar-refractivity contribution in [1.82, 2.24) is 15.2 Å². The van der Waals surface area contributed by atoms with Gasteiger partial charge >= 0.3 is 0 Å². The van der Waals surface area contributed by atoms with Gasteiger partial charge in [0, 0.05) is 25.3 Å². The molecule has 1 aliphatic heterocycles. The van der Waals surface area contributed by atoms with E-state index in [2.05, 4.69) is 16.9 Å². The number of likely N-dealkylation sites (tertiary alicyclic amines) is 1. The average Bonchev–Trinajstić information content (AvgIpc) is 2.48. The van der Waals surface area contributed by atoms with Crippen LogP contribution >= 0.6 is 0 Å². The molecule has 1 saturated heterocycles. The maximum Gasteiger partial charge on any atom is 0.270 e. The quantitative estimate of drug-likeness (QED) is 0.823. The maximum atomic E-state index is 11.9. The number of rotatable bonds is 3. The second-order valence-corrected chi connectivity index (χ2v) is 4.49. The van der Waals surface area contributed by atoms with Gasteiger partial charge in [-0.1, -0.05) is 12.6 Å². The number of pyridine rings is 1. The van der Waals surface area contributed by atoms with Crippen LogP contribution in [0.25, 0.3) is 0 Å². The molecule has 1 aromatic heterocycles. The fourth-order valence-electron chi connectivity index (χ4n) is 2.13. The lowest BCUT2D eigenvalue weighted by Gasteiger charge is -2.31. The molecule has 0 radical (unpaired) electrons. The SMILES string of the molecule is C=CC(=O)N1CCC(NC(=O)c2ccccn2)CC1. The number of nitrogens with one attached hydrogen (secondary N) is 1. The van der Waals surface area contributed by atoms with Crippen molar-refractivity contribution in [3.05, 3.63) is 42.7 Å². The highest BCUT2D eigenvalue weighted by molar-refractivity contribution is 5.92. The molecule has 2 heterocycles. The van der Waals surface area contributed by atoms with Gasteiger partial charge in [-0.25, -0.2) is 0 Å². The Kier molecular flexibility index (Phi) is 4.28. The van der Waals surface area contributed by atoms with E-state index in [0.717, 1.165) is 12.8 Å². The molecule has 19 heavy (non-hydrogen) atoms. The molecule has 1 aliphatic rings. The van der Waals surface area contributed by atoms with Gasteiger partial charge in [0.15, 0.2) is 0 Å². The minimum atomic E-state index is -0.158. The van der Waals surface area contributed by atoms with Crippen molar-refractivity contribution in [2.75, 3.05) is 13.1 Å². The molecule has 0 unspecified atom stereocenters. The molecule has 0 saturated carbocycles. The smallest absolute Gasteiger partial charge is 0.270 e. The summed E-state index contributed by atoms with van der Waals surface area (Å²) in [7, 11) is 0. The molecule has 1 aromatic rings. The van der Waals surface area contributed by atoms with Crippen molar-refractivity contribution in [2.45, 2.75) is 18.9 Å². The van der Waals surface area contributed by atoms with Gasteiger partial charge in [-0.3, -0.25) is 14.6 Å². The third kappa shape index (κ3) is 3.40. The van der Waals surface area contributed by atoms with Crippen molar-refractivity contribution in [3.8, 4) is 0 Å². The molecule has 0 spiro atoms. The van der Waals surface area contributed by atoms with Crippen LogP contribution in [0.15, 0.2) is 37.1 Å². The molecule has 0 aliphatic carbocycles. The average molecular weight is 259 g/mol. The van der Waals surface area contributed by atoms with Crippen LogP contribution < -0.4 is 5.32 Å². The van der Waals surface area contributed by atoms with Gasteiger partial charge < -0.3 is 10.2 Å². The largest absolute Gasteiger partial charge is 0.348 e. The predicted octanol–water partition coefficient (Wildman–Crippen LogP) is 0.988. The molecule has 0 atom stereocenters. The second-order valence-electron chi connectivity index (χ2n) is 4.49. The first-order valence-corrected chi connectivity index (χ1v) is 6.34. The minimum Gasteiger partial charge on any atom is -0.348 e. The van der Waals surface area contributed by atoms with Crippen LogP contribution in [0, 0.1) is 0 Å². The van der Waals surface area contributed by atoms with E-state index in [0.29, 0.717) is 18.8 Å². The summed E-state index contributed by atoms with van der Waals surface area (Å²) in [5.41, 5.74) is 0.423. The van der Waals surface area contributed by atoms with E-state index in [1.54, 1.807) is 29.3 Å². The first-order chi connectivity index (χ1) is 9.20. The standard InChI is InChI=1S/C14H17N3O2/c1-2-13(18)17-9-6-11(7-10-17)16-14(19)12-5-3-4-8-15-12/h2-5,8,11H,1,6-7,9-10H2,(H,16,19). The lowest BCUT2D eigenvalue weighted by Crippen LogP contribution is -2.46. The van der Waals surface area contributed by atoms with Crippen molar-refractivity contribution >= 4 is 11.8 Å². The Balaban J connectivity index is 1.84. The number of amides is 2. The summed E-state index contributed by atoms with van der Waals surface area (Å²) in [6, 6.07) is 5.35. The molecule has 2 amide bonds. The number of piperidine rings is 1. The van der Waals surface area contributed by atoms with Crippen LogP contribution in [0.5, 0.6) is 0 Å². The highest BCUT2D eigenvalue weighted by Crippen LogP contribution is 2.11. The van der Waals surface area contributed by atoms with Gasteiger partial charge in [-0.2, -0.15) is 0 Å². The number of nitrogens with zero attached hydrogens (tertiary/aromatic N) is 2. The first kappa shape index (κ1) is 13.3. The molecule has 5 nitrogen and oxygen atoms in total. The Morgan fingerprint density at radius 3 is 2.68 bits per heavy atom. The Labute approximate surface area is 112 Å². The molecule has 0 aromatic carbocycles. The summed E-state index contributed by atoms with van der Waals surface area (Å²) in [5, 5.41) is 2.95. The van der Waals surface area contributed by atoms with Crippen LogP contribution in [0.2, 0.25) is 0 Å². The van der Waals surface area contributed by atoms with Gasteiger partial charge in [-0.15, -0.1) is 0 Å². The predicted molar refractivity (Wildman–Crippen MR) is 71.5 cm³/mol. The highest BCUT2D eigenvalue weighted by Gasteiger charge is 2.22. The first-order valence-electron chi connectivity index (χ1n) is 6.34. The van der Waals surface area contributed by atoms with Crippen molar-refractivity contribution in [3.63, 3.8) is 0 Å². The Hall–Kier alpha value is -2.17. The lowest BCUT2D eigenvalue weighted by molar-refractivity contribution is -0.127. The van der Waals surface area contributed by atoms with E-state index >= 15 is 0 Å². The zero-order valence-corrected chi connectivity index (χ0v) is 10.7. The Morgan fingerprint density at radius 2 is 2.11 bits per heavy atom. The number of hydrogen-bond acceptors (Lipinski definition) is 3. The van der Waals surface area contributed by atoms with Crippen molar-refractivity contribution < 1.29 is 9.59 Å². The molecular weight excluding hydrogens is 242 g/mol. The summed E-state index contributed by atoms with van der Waals surface area (Å²) >= 11 is 0. The Bertz CT molecular complexity index is 465. The maximum absolute atomic E-state index is 11.9. The van der Waals surface area contributed by atoms with E-state index in [4.69, 9.17) is 0 Å².